The third-order valence-electron chi connectivity index (χ3n) is 1.90. The molecule has 0 atom stereocenters. The average Bonchev–Trinajstić information content (AvgIpc) is 2.18. The van der Waals surface area contributed by atoms with Crippen LogP contribution in [0.5, 0.6) is 5.75 Å². The number of hydrogen-bond donors (Lipinski definition) is 1. The fourth-order valence-corrected chi connectivity index (χ4v) is 1.31. The normalized spacial score (nSPS) is 10.7. The number of aromatic nitrogens is 1. The van der Waals surface area contributed by atoms with Gasteiger partial charge in [-0.3, -0.25) is 4.98 Å². The Balaban J connectivity index is 2.50. The molecular formula is C12H20N2O. The van der Waals surface area contributed by atoms with Gasteiger partial charge < -0.3 is 10.1 Å². The van der Waals surface area contributed by atoms with Crippen LogP contribution in [0.15, 0.2) is 18.5 Å². The van der Waals surface area contributed by atoms with E-state index in [1.54, 1.807) is 6.20 Å². The van der Waals surface area contributed by atoms with Crippen molar-refractivity contribution in [2.24, 2.45) is 0 Å². The van der Waals surface area contributed by atoms with Gasteiger partial charge in [-0.25, -0.2) is 0 Å². The molecule has 1 aromatic heterocycles. The summed E-state index contributed by atoms with van der Waals surface area (Å²) in [6.07, 6.45) is 4.97. The molecule has 0 amide bonds. The Hall–Kier alpha value is -1.09. The van der Waals surface area contributed by atoms with Gasteiger partial charge in [-0.05, 0) is 38.4 Å². The summed E-state index contributed by atoms with van der Waals surface area (Å²) in [7, 11) is 0. The van der Waals surface area contributed by atoms with Crippen LogP contribution < -0.4 is 10.1 Å². The summed E-state index contributed by atoms with van der Waals surface area (Å²) in [4.78, 5) is 4.15. The standard InChI is InChI=1S/C12H20N2O/c1-4-5-13-7-11-6-12(9-14-8-11)15-10(2)3/h6,8-10,13H,4-5,7H2,1-3H3. The fourth-order valence-electron chi connectivity index (χ4n) is 1.31. The second-order valence-electron chi connectivity index (χ2n) is 3.87. The van der Waals surface area contributed by atoms with Gasteiger partial charge in [0.2, 0.25) is 0 Å². The van der Waals surface area contributed by atoms with Crippen LogP contribution in [0.25, 0.3) is 0 Å². The number of nitrogens with zero attached hydrogens (tertiary/aromatic N) is 1. The molecule has 1 rings (SSSR count). The largest absolute Gasteiger partial charge is 0.489 e. The third-order valence-corrected chi connectivity index (χ3v) is 1.90. The molecular weight excluding hydrogens is 188 g/mol. The van der Waals surface area contributed by atoms with E-state index < -0.39 is 0 Å². The van der Waals surface area contributed by atoms with Crippen LogP contribution in [0.3, 0.4) is 0 Å². The Morgan fingerprint density at radius 2 is 2.20 bits per heavy atom. The first-order chi connectivity index (χ1) is 7.22. The van der Waals surface area contributed by atoms with Gasteiger partial charge in [0.1, 0.15) is 5.75 Å². The van der Waals surface area contributed by atoms with E-state index in [0.29, 0.717) is 0 Å². The molecule has 1 aromatic rings. The zero-order valence-electron chi connectivity index (χ0n) is 9.79. The first kappa shape index (κ1) is 12.0. The van der Waals surface area contributed by atoms with Gasteiger partial charge in [-0.1, -0.05) is 6.92 Å². The minimum Gasteiger partial charge on any atom is -0.489 e. The van der Waals surface area contributed by atoms with Crippen LogP contribution in [0.4, 0.5) is 0 Å². The molecule has 1 heterocycles. The average molecular weight is 208 g/mol. The van der Waals surface area contributed by atoms with Gasteiger partial charge in [0.25, 0.3) is 0 Å². The second kappa shape index (κ2) is 6.40. The highest BCUT2D eigenvalue weighted by molar-refractivity contribution is 5.23. The lowest BCUT2D eigenvalue weighted by molar-refractivity contribution is 0.241. The van der Waals surface area contributed by atoms with Crippen molar-refractivity contribution in [2.75, 3.05) is 6.54 Å². The molecule has 0 saturated heterocycles. The molecule has 0 fully saturated rings. The Morgan fingerprint density at radius 3 is 2.87 bits per heavy atom. The van der Waals surface area contributed by atoms with E-state index in [0.717, 1.165) is 25.3 Å². The van der Waals surface area contributed by atoms with Gasteiger partial charge in [0.05, 0.1) is 12.3 Å². The number of hydrogen-bond acceptors (Lipinski definition) is 3. The highest BCUT2D eigenvalue weighted by Crippen LogP contribution is 2.12. The fraction of sp³-hybridized carbons (Fsp3) is 0.583. The second-order valence-corrected chi connectivity index (χ2v) is 3.87. The SMILES string of the molecule is CCCNCc1cncc(OC(C)C)c1. The van der Waals surface area contributed by atoms with Crippen molar-refractivity contribution < 1.29 is 4.74 Å². The quantitative estimate of drug-likeness (QED) is 0.729. The lowest BCUT2D eigenvalue weighted by Gasteiger charge is -2.10. The van der Waals surface area contributed by atoms with Gasteiger partial charge in [-0.15, -0.1) is 0 Å². The minimum atomic E-state index is 0.200. The zero-order chi connectivity index (χ0) is 11.1. The van der Waals surface area contributed by atoms with E-state index in [1.807, 2.05) is 26.1 Å². The van der Waals surface area contributed by atoms with Gasteiger partial charge >= 0.3 is 0 Å². The first-order valence-corrected chi connectivity index (χ1v) is 5.53. The van der Waals surface area contributed by atoms with Crippen LogP contribution in [0, 0.1) is 0 Å². The molecule has 0 radical (unpaired) electrons. The third kappa shape index (κ3) is 4.79. The highest BCUT2D eigenvalue weighted by atomic mass is 16.5. The molecule has 0 unspecified atom stereocenters. The molecule has 3 heteroatoms. The topological polar surface area (TPSA) is 34.2 Å². The van der Waals surface area contributed by atoms with E-state index in [9.17, 15) is 0 Å². The Kier molecular flexibility index (Phi) is 5.12. The number of nitrogens with one attached hydrogen (secondary N) is 1. The summed E-state index contributed by atoms with van der Waals surface area (Å²) < 4.78 is 5.57. The van der Waals surface area contributed by atoms with Crippen molar-refractivity contribution in [2.45, 2.75) is 39.8 Å². The lowest BCUT2D eigenvalue weighted by atomic mass is 10.2. The molecule has 0 aromatic carbocycles. The van der Waals surface area contributed by atoms with Crippen LogP contribution in [0.1, 0.15) is 32.8 Å². The van der Waals surface area contributed by atoms with Crippen molar-refractivity contribution in [3.05, 3.63) is 24.0 Å². The Labute approximate surface area is 91.9 Å². The maximum Gasteiger partial charge on any atom is 0.138 e. The first-order valence-electron chi connectivity index (χ1n) is 5.53. The molecule has 0 aliphatic carbocycles. The molecule has 0 spiro atoms. The van der Waals surface area contributed by atoms with Gasteiger partial charge in [0, 0.05) is 12.7 Å². The van der Waals surface area contributed by atoms with Crippen molar-refractivity contribution in [3.8, 4) is 5.75 Å². The van der Waals surface area contributed by atoms with E-state index in [-0.39, 0.29) is 6.10 Å². The predicted octanol–water partition coefficient (Wildman–Crippen LogP) is 2.37. The number of ether oxygens (including phenoxy) is 1. The summed E-state index contributed by atoms with van der Waals surface area (Å²) in [6.45, 7) is 8.08. The summed E-state index contributed by atoms with van der Waals surface area (Å²) in [5, 5.41) is 3.34. The van der Waals surface area contributed by atoms with Crippen molar-refractivity contribution in [3.63, 3.8) is 0 Å². The molecule has 0 saturated carbocycles. The molecule has 0 bridgehead atoms. The van der Waals surface area contributed by atoms with Crippen LogP contribution in [0.2, 0.25) is 0 Å². The predicted molar refractivity (Wildman–Crippen MR) is 62.0 cm³/mol. The Bertz CT molecular complexity index is 287. The lowest BCUT2D eigenvalue weighted by Crippen LogP contribution is -2.14. The monoisotopic (exact) mass is 208 g/mol. The van der Waals surface area contributed by atoms with Crippen molar-refractivity contribution in [1.82, 2.24) is 10.3 Å². The molecule has 0 aliphatic rings. The maximum absolute atomic E-state index is 5.57. The Morgan fingerprint density at radius 1 is 1.40 bits per heavy atom. The van der Waals surface area contributed by atoms with E-state index >= 15 is 0 Å². The van der Waals surface area contributed by atoms with Crippen LogP contribution in [-0.4, -0.2) is 17.6 Å². The smallest absolute Gasteiger partial charge is 0.138 e. The van der Waals surface area contributed by atoms with Crippen LogP contribution >= 0.6 is 0 Å². The molecule has 15 heavy (non-hydrogen) atoms. The molecule has 1 N–H and O–H groups in total. The summed E-state index contributed by atoms with van der Waals surface area (Å²) in [5.41, 5.74) is 1.17. The van der Waals surface area contributed by atoms with Gasteiger partial charge in [-0.2, -0.15) is 0 Å². The minimum absolute atomic E-state index is 0.200. The number of pyridine rings is 1. The molecule has 84 valence electrons. The summed E-state index contributed by atoms with van der Waals surface area (Å²) in [5.74, 6) is 0.848. The van der Waals surface area contributed by atoms with Crippen molar-refractivity contribution >= 4 is 0 Å². The number of rotatable bonds is 6. The zero-order valence-corrected chi connectivity index (χ0v) is 9.79. The summed E-state index contributed by atoms with van der Waals surface area (Å²) in [6, 6.07) is 2.04. The molecule has 3 nitrogen and oxygen atoms in total. The summed E-state index contributed by atoms with van der Waals surface area (Å²) >= 11 is 0. The van der Waals surface area contributed by atoms with E-state index in [2.05, 4.69) is 17.2 Å². The van der Waals surface area contributed by atoms with E-state index in [1.165, 1.54) is 5.56 Å². The van der Waals surface area contributed by atoms with Crippen LogP contribution in [-0.2, 0) is 6.54 Å². The van der Waals surface area contributed by atoms with Gasteiger partial charge in [0.15, 0.2) is 0 Å². The van der Waals surface area contributed by atoms with E-state index in [4.69, 9.17) is 4.74 Å². The maximum atomic E-state index is 5.57. The highest BCUT2D eigenvalue weighted by Gasteiger charge is 1.99. The molecule has 0 aliphatic heterocycles. The van der Waals surface area contributed by atoms with Crippen molar-refractivity contribution in [1.29, 1.82) is 0 Å².